The van der Waals surface area contributed by atoms with E-state index in [0.29, 0.717) is 11.6 Å². The largest absolute Gasteiger partial charge is 0.300 e. The molecule has 0 bridgehead atoms. The topological polar surface area (TPSA) is 48.5 Å². The molecule has 0 radical (unpaired) electrons. The van der Waals surface area contributed by atoms with Crippen LogP contribution in [0.1, 0.15) is 17.1 Å². The molecule has 0 aliphatic carbocycles. The molecule has 3 aromatic rings. The molecule has 5 nitrogen and oxygen atoms in total. The second-order valence-corrected chi connectivity index (χ2v) is 5.43. The number of imidazole rings is 1. The zero-order valence-electron chi connectivity index (χ0n) is 11.1. The van der Waals surface area contributed by atoms with Gasteiger partial charge in [0.15, 0.2) is 0 Å². The molecule has 4 rings (SSSR count). The first kappa shape index (κ1) is 11.7. The smallest absolute Gasteiger partial charge is 0.0998 e. The molecule has 20 heavy (non-hydrogen) atoms. The van der Waals surface area contributed by atoms with Crippen molar-refractivity contribution < 1.29 is 0 Å². The van der Waals surface area contributed by atoms with Crippen molar-refractivity contribution in [2.24, 2.45) is 0 Å². The van der Waals surface area contributed by atoms with Gasteiger partial charge in [-0.05, 0) is 32.0 Å². The van der Waals surface area contributed by atoms with E-state index < -0.39 is 0 Å². The maximum absolute atomic E-state index is 6.17. The van der Waals surface area contributed by atoms with Gasteiger partial charge in [-0.15, -0.1) is 5.10 Å². The van der Waals surface area contributed by atoms with Crippen LogP contribution in [-0.4, -0.2) is 24.5 Å². The van der Waals surface area contributed by atoms with Gasteiger partial charge >= 0.3 is 0 Å². The minimum atomic E-state index is 0.661. The molecular weight excluding hydrogens is 274 g/mol. The lowest BCUT2D eigenvalue weighted by molar-refractivity contribution is 0.640. The fourth-order valence-corrected chi connectivity index (χ4v) is 2.93. The first-order chi connectivity index (χ1) is 9.65. The average molecular weight is 286 g/mol. The van der Waals surface area contributed by atoms with Crippen molar-refractivity contribution in [3.8, 4) is 16.9 Å². The summed E-state index contributed by atoms with van der Waals surface area (Å²) in [5.74, 6) is 0. The average Bonchev–Trinajstić information content (AvgIpc) is 2.91. The number of halogens is 1. The molecule has 0 atom stereocenters. The van der Waals surface area contributed by atoms with Crippen molar-refractivity contribution >= 4 is 11.6 Å². The van der Waals surface area contributed by atoms with Crippen LogP contribution in [0.25, 0.3) is 16.9 Å². The minimum absolute atomic E-state index is 0.661. The minimum Gasteiger partial charge on any atom is -0.300 e. The Bertz CT molecular complexity index is 830. The normalized spacial score (nSPS) is 12.6. The van der Waals surface area contributed by atoms with E-state index in [1.54, 1.807) is 0 Å². The Morgan fingerprint density at radius 3 is 2.90 bits per heavy atom. The third-order valence-electron chi connectivity index (χ3n) is 3.75. The monoisotopic (exact) mass is 285 g/mol. The first-order valence-electron chi connectivity index (χ1n) is 6.38. The fraction of sp³-hybridized carbons (Fsp3) is 0.214. The van der Waals surface area contributed by atoms with Gasteiger partial charge in [0.05, 0.1) is 41.3 Å². The lowest BCUT2D eigenvalue weighted by Crippen LogP contribution is -2.05. The molecule has 0 amide bonds. The molecule has 0 fully saturated rings. The zero-order chi connectivity index (χ0) is 13.9. The summed E-state index contributed by atoms with van der Waals surface area (Å²) in [5.41, 5.74) is 6.16. The van der Waals surface area contributed by atoms with Crippen molar-refractivity contribution in [3.63, 3.8) is 0 Å². The molecule has 100 valence electrons. The molecule has 1 aliphatic heterocycles. The second kappa shape index (κ2) is 3.93. The third kappa shape index (κ3) is 1.47. The number of aryl methyl sites for hydroxylation is 2. The highest BCUT2D eigenvalue weighted by Crippen LogP contribution is 2.35. The maximum atomic E-state index is 6.17. The Hall–Kier alpha value is -2.14. The van der Waals surface area contributed by atoms with Gasteiger partial charge in [-0.2, -0.15) is 0 Å². The number of rotatable bonds is 0. The van der Waals surface area contributed by atoms with Crippen molar-refractivity contribution in [1.29, 1.82) is 0 Å². The summed E-state index contributed by atoms with van der Waals surface area (Å²) in [6.07, 6.45) is 1.85. The van der Waals surface area contributed by atoms with Crippen LogP contribution in [-0.2, 0) is 6.54 Å². The summed E-state index contributed by atoms with van der Waals surface area (Å²) in [6.45, 7) is 4.64. The fourth-order valence-electron chi connectivity index (χ4n) is 2.76. The number of benzene rings is 1. The first-order valence-corrected chi connectivity index (χ1v) is 6.76. The lowest BCUT2D eigenvalue weighted by atomic mass is 10.1. The summed E-state index contributed by atoms with van der Waals surface area (Å²) < 4.78 is 4.02. The summed E-state index contributed by atoms with van der Waals surface area (Å²) >= 11 is 6.17. The van der Waals surface area contributed by atoms with E-state index in [9.17, 15) is 0 Å². The van der Waals surface area contributed by atoms with E-state index in [0.717, 1.165) is 34.0 Å². The Morgan fingerprint density at radius 1 is 1.20 bits per heavy atom. The van der Waals surface area contributed by atoms with Crippen molar-refractivity contribution in [1.82, 2.24) is 24.5 Å². The Morgan fingerprint density at radius 2 is 2.05 bits per heavy atom. The van der Waals surface area contributed by atoms with Gasteiger partial charge < -0.3 is 4.57 Å². The van der Waals surface area contributed by atoms with E-state index in [4.69, 9.17) is 11.6 Å². The number of hydrogen-bond acceptors (Lipinski definition) is 3. The lowest BCUT2D eigenvalue weighted by Gasteiger charge is -2.09. The van der Waals surface area contributed by atoms with E-state index in [2.05, 4.69) is 19.9 Å². The van der Waals surface area contributed by atoms with E-state index in [1.807, 2.05) is 43.1 Å². The number of hydrogen-bond donors (Lipinski definition) is 0. The van der Waals surface area contributed by atoms with Crippen LogP contribution in [0.5, 0.6) is 0 Å². The highest BCUT2D eigenvalue weighted by atomic mass is 35.5. The molecule has 3 heterocycles. The van der Waals surface area contributed by atoms with Gasteiger partial charge in [0.25, 0.3) is 0 Å². The molecule has 6 heteroatoms. The molecular formula is C14H12ClN5. The summed E-state index contributed by atoms with van der Waals surface area (Å²) in [7, 11) is 0. The standard InChI is InChI=1S/C14H12ClN5/c1-8-13-6-20-14(9(2)17-18-20)11-5-10(15)3-4-12(11)19(13)7-16-8/h3-5,7H,6H2,1-2H3. The van der Waals surface area contributed by atoms with Gasteiger partial charge in [0.2, 0.25) is 0 Å². The van der Waals surface area contributed by atoms with Crippen LogP contribution in [0.15, 0.2) is 24.5 Å². The molecule has 0 spiro atoms. The predicted octanol–water partition coefficient (Wildman–Crippen LogP) is 2.76. The van der Waals surface area contributed by atoms with Gasteiger partial charge in [0.1, 0.15) is 0 Å². The SMILES string of the molecule is Cc1ncn2c1Cn1nnc(C)c1-c1cc(Cl)ccc1-2. The van der Waals surface area contributed by atoms with E-state index in [-0.39, 0.29) is 0 Å². The second-order valence-electron chi connectivity index (χ2n) is 4.99. The summed E-state index contributed by atoms with van der Waals surface area (Å²) in [6, 6.07) is 5.88. The molecule has 1 aromatic carbocycles. The highest BCUT2D eigenvalue weighted by Gasteiger charge is 2.23. The predicted molar refractivity (Wildman–Crippen MR) is 76.2 cm³/mol. The molecule has 0 unspecified atom stereocenters. The van der Waals surface area contributed by atoms with Crippen molar-refractivity contribution in [2.75, 3.05) is 0 Å². The van der Waals surface area contributed by atoms with Crippen LogP contribution in [0.2, 0.25) is 5.02 Å². The van der Waals surface area contributed by atoms with Crippen LogP contribution in [0.3, 0.4) is 0 Å². The van der Waals surface area contributed by atoms with Gasteiger partial charge in [0, 0.05) is 10.6 Å². The number of fused-ring (bicyclic) bond motifs is 5. The number of nitrogens with zero attached hydrogens (tertiary/aromatic N) is 5. The molecule has 2 aromatic heterocycles. The maximum Gasteiger partial charge on any atom is 0.0998 e. The number of aromatic nitrogens is 5. The van der Waals surface area contributed by atoms with Crippen LogP contribution >= 0.6 is 11.6 Å². The summed E-state index contributed by atoms with van der Waals surface area (Å²) in [4.78, 5) is 4.41. The highest BCUT2D eigenvalue weighted by molar-refractivity contribution is 6.31. The Kier molecular flexibility index (Phi) is 2.29. The zero-order valence-corrected chi connectivity index (χ0v) is 11.9. The van der Waals surface area contributed by atoms with Gasteiger partial charge in [-0.3, -0.25) is 0 Å². The molecule has 0 saturated heterocycles. The van der Waals surface area contributed by atoms with Gasteiger partial charge in [-0.1, -0.05) is 16.8 Å². The molecule has 0 N–H and O–H groups in total. The van der Waals surface area contributed by atoms with E-state index >= 15 is 0 Å². The van der Waals surface area contributed by atoms with E-state index in [1.165, 1.54) is 0 Å². The van der Waals surface area contributed by atoms with Crippen LogP contribution in [0, 0.1) is 13.8 Å². The molecule has 0 saturated carbocycles. The molecule has 1 aliphatic rings. The van der Waals surface area contributed by atoms with Gasteiger partial charge in [-0.25, -0.2) is 9.67 Å². The van der Waals surface area contributed by atoms with Crippen molar-refractivity contribution in [2.45, 2.75) is 20.4 Å². The third-order valence-corrected chi connectivity index (χ3v) is 3.99. The Labute approximate surface area is 120 Å². The van der Waals surface area contributed by atoms with Crippen LogP contribution in [0.4, 0.5) is 0 Å². The van der Waals surface area contributed by atoms with Crippen LogP contribution < -0.4 is 0 Å². The Balaban J connectivity index is 2.14. The summed E-state index contributed by atoms with van der Waals surface area (Å²) in [5, 5.41) is 9.15. The quantitative estimate of drug-likeness (QED) is 0.499. The van der Waals surface area contributed by atoms with Crippen molar-refractivity contribution in [3.05, 3.63) is 46.6 Å².